The van der Waals surface area contributed by atoms with Crippen LogP contribution in [0.25, 0.3) is 0 Å². The van der Waals surface area contributed by atoms with E-state index in [0.29, 0.717) is 0 Å². The van der Waals surface area contributed by atoms with Gasteiger partial charge in [0.1, 0.15) is 0 Å². The fourth-order valence-corrected chi connectivity index (χ4v) is 0.658. The fraction of sp³-hybridized carbons (Fsp3) is 0.444. The standard InChI is InChI=1S/C9H14O2/c1-4-5-8(2)6-7-9(10)11-3/h5-7H,4H2,1-3H3. The maximum absolute atomic E-state index is 10.6. The van der Waals surface area contributed by atoms with Gasteiger partial charge in [-0.25, -0.2) is 4.79 Å². The van der Waals surface area contributed by atoms with Crippen LogP contribution in [0.3, 0.4) is 0 Å². The van der Waals surface area contributed by atoms with Crippen LogP contribution in [0.2, 0.25) is 0 Å². The minimum atomic E-state index is -0.311. The van der Waals surface area contributed by atoms with Crippen LogP contribution >= 0.6 is 0 Å². The van der Waals surface area contributed by atoms with Crippen molar-refractivity contribution in [1.82, 2.24) is 0 Å². The zero-order chi connectivity index (χ0) is 8.69. The quantitative estimate of drug-likeness (QED) is 0.353. The summed E-state index contributed by atoms with van der Waals surface area (Å²) in [6, 6.07) is 0. The Balaban J connectivity index is 3.92. The summed E-state index contributed by atoms with van der Waals surface area (Å²) in [5, 5.41) is 0. The number of methoxy groups -OCH3 is 1. The highest BCUT2D eigenvalue weighted by atomic mass is 16.5. The van der Waals surface area contributed by atoms with Crippen molar-refractivity contribution in [3.8, 4) is 0 Å². The third-order valence-electron chi connectivity index (χ3n) is 1.21. The molecule has 0 heterocycles. The lowest BCUT2D eigenvalue weighted by atomic mass is 10.2. The second-order valence-corrected chi connectivity index (χ2v) is 2.21. The predicted molar refractivity (Wildman–Crippen MR) is 45.2 cm³/mol. The number of esters is 1. The number of hydrogen-bond donors (Lipinski definition) is 0. The molecule has 0 radical (unpaired) electrons. The van der Waals surface area contributed by atoms with Crippen LogP contribution in [-0.2, 0) is 9.53 Å². The van der Waals surface area contributed by atoms with Gasteiger partial charge in [0.2, 0.25) is 0 Å². The average molecular weight is 154 g/mol. The number of rotatable bonds is 3. The Kier molecular flexibility index (Phi) is 5.17. The van der Waals surface area contributed by atoms with Crippen molar-refractivity contribution in [2.75, 3.05) is 7.11 Å². The van der Waals surface area contributed by atoms with Gasteiger partial charge >= 0.3 is 5.97 Å². The molecule has 11 heavy (non-hydrogen) atoms. The van der Waals surface area contributed by atoms with Crippen LogP contribution in [-0.4, -0.2) is 13.1 Å². The van der Waals surface area contributed by atoms with Gasteiger partial charge in [-0.2, -0.15) is 0 Å². The van der Waals surface area contributed by atoms with E-state index in [-0.39, 0.29) is 5.97 Å². The molecular formula is C9H14O2. The summed E-state index contributed by atoms with van der Waals surface area (Å²) in [5.41, 5.74) is 1.08. The molecule has 2 nitrogen and oxygen atoms in total. The first kappa shape index (κ1) is 9.95. The van der Waals surface area contributed by atoms with Crippen LogP contribution < -0.4 is 0 Å². The van der Waals surface area contributed by atoms with Crippen molar-refractivity contribution in [3.63, 3.8) is 0 Å². The SMILES string of the molecule is CCC=C(C)C=CC(=O)OC. The molecular weight excluding hydrogens is 140 g/mol. The number of allylic oxidation sites excluding steroid dienone is 3. The summed E-state index contributed by atoms with van der Waals surface area (Å²) in [6.45, 7) is 4.00. The lowest BCUT2D eigenvalue weighted by Gasteiger charge is -1.90. The second kappa shape index (κ2) is 5.71. The predicted octanol–water partition coefficient (Wildman–Crippen LogP) is 2.07. The van der Waals surface area contributed by atoms with Gasteiger partial charge in [-0.05, 0) is 13.3 Å². The van der Waals surface area contributed by atoms with E-state index in [0.717, 1.165) is 12.0 Å². The summed E-state index contributed by atoms with van der Waals surface area (Å²) in [5.74, 6) is -0.311. The second-order valence-electron chi connectivity index (χ2n) is 2.21. The van der Waals surface area contributed by atoms with Crippen LogP contribution in [0.1, 0.15) is 20.3 Å². The Morgan fingerprint density at radius 2 is 2.09 bits per heavy atom. The molecule has 0 bridgehead atoms. The topological polar surface area (TPSA) is 26.3 Å². The summed E-state index contributed by atoms with van der Waals surface area (Å²) < 4.78 is 4.43. The van der Waals surface area contributed by atoms with E-state index in [1.165, 1.54) is 13.2 Å². The molecule has 0 rings (SSSR count). The third-order valence-corrected chi connectivity index (χ3v) is 1.21. The van der Waals surface area contributed by atoms with Crippen LogP contribution in [0.5, 0.6) is 0 Å². The first-order chi connectivity index (χ1) is 5.20. The summed E-state index contributed by atoms with van der Waals surface area (Å²) in [4.78, 5) is 10.6. The Hall–Kier alpha value is -1.05. The third kappa shape index (κ3) is 5.40. The molecule has 0 spiro atoms. The van der Waals surface area contributed by atoms with Gasteiger partial charge < -0.3 is 4.74 Å². The Morgan fingerprint density at radius 3 is 2.55 bits per heavy atom. The molecule has 0 saturated heterocycles. The molecule has 0 aromatic rings. The molecule has 62 valence electrons. The van der Waals surface area contributed by atoms with Crippen LogP contribution in [0.15, 0.2) is 23.8 Å². The number of carbonyl (C=O) groups is 1. The minimum Gasteiger partial charge on any atom is -0.466 e. The first-order valence-electron chi connectivity index (χ1n) is 3.63. The van der Waals surface area contributed by atoms with Gasteiger partial charge in [-0.15, -0.1) is 0 Å². The highest BCUT2D eigenvalue weighted by Gasteiger charge is 1.88. The summed E-state index contributed by atoms with van der Waals surface area (Å²) >= 11 is 0. The molecule has 0 N–H and O–H groups in total. The highest BCUT2D eigenvalue weighted by molar-refractivity contribution is 5.82. The largest absolute Gasteiger partial charge is 0.466 e. The molecule has 0 aliphatic rings. The van der Waals surface area contributed by atoms with Gasteiger partial charge in [-0.3, -0.25) is 0 Å². The van der Waals surface area contributed by atoms with E-state index >= 15 is 0 Å². The average Bonchev–Trinajstić information content (AvgIpc) is 2.01. The lowest BCUT2D eigenvalue weighted by Crippen LogP contribution is -1.93. The van der Waals surface area contributed by atoms with E-state index in [4.69, 9.17) is 0 Å². The normalized spacial score (nSPS) is 12.1. The molecule has 0 fully saturated rings. The van der Waals surface area contributed by atoms with E-state index in [9.17, 15) is 4.79 Å². The van der Waals surface area contributed by atoms with Gasteiger partial charge in [0.15, 0.2) is 0 Å². The van der Waals surface area contributed by atoms with Crippen molar-refractivity contribution in [3.05, 3.63) is 23.8 Å². The molecule has 0 amide bonds. The van der Waals surface area contributed by atoms with Crippen molar-refractivity contribution < 1.29 is 9.53 Å². The molecule has 0 saturated carbocycles. The minimum absolute atomic E-state index is 0.311. The van der Waals surface area contributed by atoms with Crippen molar-refractivity contribution in [1.29, 1.82) is 0 Å². The van der Waals surface area contributed by atoms with E-state index in [1.807, 2.05) is 13.0 Å². The van der Waals surface area contributed by atoms with Crippen molar-refractivity contribution in [2.24, 2.45) is 0 Å². The summed E-state index contributed by atoms with van der Waals surface area (Å²) in [6.07, 6.45) is 6.19. The molecule has 0 unspecified atom stereocenters. The van der Waals surface area contributed by atoms with Gasteiger partial charge in [0.05, 0.1) is 7.11 Å². The Labute approximate surface area is 67.6 Å². The number of carbonyl (C=O) groups excluding carboxylic acids is 1. The molecule has 0 aliphatic heterocycles. The highest BCUT2D eigenvalue weighted by Crippen LogP contribution is 1.96. The number of hydrogen-bond acceptors (Lipinski definition) is 2. The number of ether oxygens (including phenoxy) is 1. The monoisotopic (exact) mass is 154 g/mol. The zero-order valence-electron chi connectivity index (χ0n) is 7.26. The maximum atomic E-state index is 10.6. The Morgan fingerprint density at radius 1 is 1.45 bits per heavy atom. The van der Waals surface area contributed by atoms with E-state index in [2.05, 4.69) is 11.7 Å². The van der Waals surface area contributed by atoms with Crippen molar-refractivity contribution >= 4 is 5.97 Å². The smallest absolute Gasteiger partial charge is 0.330 e. The molecule has 0 aliphatic carbocycles. The van der Waals surface area contributed by atoms with Gasteiger partial charge in [0, 0.05) is 6.08 Å². The fourth-order valence-electron chi connectivity index (χ4n) is 0.658. The molecule has 0 atom stereocenters. The lowest BCUT2D eigenvalue weighted by molar-refractivity contribution is -0.134. The Bertz CT molecular complexity index is 178. The zero-order valence-corrected chi connectivity index (χ0v) is 7.26. The summed E-state index contributed by atoms with van der Waals surface area (Å²) in [7, 11) is 1.37. The van der Waals surface area contributed by atoms with Gasteiger partial charge in [0.25, 0.3) is 0 Å². The molecule has 0 aromatic carbocycles. The van der Waals surface area contributed by atoms with Gasteiger partial charge in [-0.1, -0.05) is 24.6 Å². The first-order valence-corrected chi connectivity index (χ1v) is 3.63. The van der Waals surface area contributed by atoms with Crippen molar-refractivity contribution in [2.45, 2.75) is 20.3 Å². The van der Waals surface area contributed by atoms with Crippen LogP contribution in [0, 0.1) is 0 Å². The molecule has 2 heteroatoms. The molecule has 0 aromatic heterocycles. The van der Waals surface area contributed by atoms with Crippen LogP contribution in [0.4, 0.5) is 0 Å². The van der Waals surface area contributed by atoms with E-state index in [1.54, 1.807) is 6.08 Å². The van der Waals surface area contributed by atoms with E-state index < -0.39 is 0 Å². The maximum Gasteiger partial charge on any atom is 0.330 e.